The van der Waals surface area contributed by atoms with Gasteiger partial charge < -0.3 is 14.8 Å². The van der Waals surface area contributed by atoms with Gasteiger partial charge in [0, 0.05) is 24.9 Å². The Balaban J connectivity index is 1.45. The molecule has 1 aromatic heterocycles. The van der Waals surface area contributed by atoms with Gasteiger partial charge in [-0.2, -0.15) is 0 Å². The van der Waals surface area contributed by atoms with Gasteiger partial charge >= 0.3 is 0 Å². The lowest BCUT2D eigenvalue weighted by molar-refractivity contribution is 0.174. The third-order valence-corrected chi connectivity index (χ3v) is 4.37. The van der Waals surface area contributed by atoms with E-state index in [4.69, 9.17) is 9.47 Å². The second-order valence-corrected chi connectivity index (χ2v) is 6.38. The molecule has 1 aliphatic heterocycles. The second-order valence-electron chi connectivity index (χ2n) is 5.44. The van der Waals surface area contributed by atoms with E-state index in [1.165, 1.54) is 16.3 Å². The standard InChI is InChI=1S/C16H20N2O2S/c1-11(2)13-9-21-16(18-13)5-6-17-8-12-3-4-14-15(7-12)20-10-19-14/h3-4,7,9,11,17H,5-6,8,10H2,1-2H3. The average molecular weight is 304 g/mol. The van der Waals surface area contributed by atoms with Crippen molar-refractivity contribution in [1.82, 2.24) is 10.3 Å². The fraction of sp³-hybridized carbons (Fsp3) is 0.438. The van der Waals surface area contributed by atoms with E-state index in [0.717, 1.165) is 31.0 Å². The molecule has 3 rings (SSSR count). The number of benzene rings is 1. The summed E-state index contributed by atoms with van der Waals surface area (Å²) in [6.45, 7) is 6.44. The van der Waals surface area contributed by atoms with Crippen molar-refractivity contribution in [3.63, 3.8) is 0 Å². The molecule has 0 fully saturated rings. The van der Waals surface area contributed by atoms with Crippen LogP contribution < -0.4 is 14.8 Å². The molecule has 0 amide bonds. The molecule has 0 saturated heterocycles. The summed E-state index contributed by atoms with van der Waals surface area (Å²) in [5.74, 6) is 2.19. The minimum absolute atomic E-state index is 0.328. The zero-order chi connectivity index (χ0) is 14.7. The van der Waals surface area contributed by atoms with E-state index in [1.807, 2.05) is 12.1 Å². The van der Waals surface area contributed by atoms with Crippen molar-refractivity contribution in [2.24, 2.45) is 0 Å². The highest BCUT2D eigenvalue weighted by molar-refractivity contribution is 7.09. The molecule has 2 aromatic rings. The minimum atomic E-state index is 0.328. The maximum absolute atomic E-state index is 5.38. The Labute approximate surface area is 129 Å². The molecule has 21 heavy (non-hydrogen) atoms. The van der Waals surface area contributed by atoms with Crippen LogP contribution >= 0.6 is 11.3 Å². The maximum atomic E-state index is 5.38. The highest BCUT2D eigenvalue weighted by Gasteiger charge is 2.12. The summed E-state index contributed by atoms with van der Waals surface area (Å²) in [5, 5.41) is 6.82. The fourth-order valence-electron chi connectivity index (χ4n) is 2.18. The summed E-state index contributed by atoms with van der Waals surface area (Å²) < 4.78 is 10.7. The van der Waals surface area contributed by atoms with Crippen LogP contribution in [0.3, 0.4) is 0 Å². The summed E-state index contributed by atoms with van der Waals surface area (Å²) >= 11 is 1.75. The van der Waals surface area contributed by atoms with Crippen LogP contribution in [-0.4, -0.2) is 18.3 Å². The van der Waals surface area contributed by atoms with Gasteiger partial charge in [0.2, 0.25) is 6.79 Å². The Morgan fingerprint density at radius 1 is 1.29 bits per heavy atom. The molecule has 4 nitrogen and oxygen atoms in total. The first-order chi connectivity index (χ1) is 10.2. The Morgan fingerprint density at radius 3 is 2.95 bits per heavy atom. The first kappa shape index (κ1) is 14.4. The molecule has 0 bridgehead atoms. The summed E-state index contributed by atoms with van der Waals surface area (Å²) in [6, 6.07) is 6.07. The molecule has 1 aromatic carbocycles. The number of rotatable bonds is 6. The number of nitrogens with zero attached hydrogens (tertiary/aromatic N) is 1. The maximum Gasteiger partial charge on any atom is 0.231 e. The lowest BCUT2D eigenvalue weighted by Crippen LogP contribution is -2.16. The predicted octanol–water partition coefficient (Wildman–Crippen LogP) is 3.33. The molecule has 0 aliphatic carbocycles. The number of thiazole rings is 1. The molecule has 0 atom stereocenters. The van der Waals surface area contributed by atoms with Crippen molar-refractivity contribution in [2.45, 2.75) is 32.7 Å². The zero-order valence-electron chi connectivity index (χ0n) is 12.4. The quantitative estimate of drug-likeness (QED) is 0.831. The van der Waals surface area contributed by atoms with E-state index >= 15 is 0 Å². The zero-order valence-corrected chi connectivity index (χ0v) is 13.2. The van der Waals surface area contributed by atoms with Crippen molar-refractivity contribution < 1.29 is 9.47 Å². The van der Waals surface area contributed by atoms with E-state index in [9.17, 15) is 0 Å². The third-order valence-electron chi connectivity index (χ3n) is 3.44. The van der Waals surface area contributed by atoms with Crippen LogP contribution in [-0.2, 0) is 13.0 Å². The summed E-state index contributed by atoms with van der Waals surface area (Å²) in [6.07, 6.45) is 0.974. The Bertz CT molecular complexity index is 610. The molecule has 0 radical (unpaired) electrons. The van der Waals surface area contributed by atoms with Crippen molar-refractivity contribution in [1.29, 1.82) is 0 Å². The Kier molecular flexibility index (Phi) is 4.41. The van der Waals surface area contributed by atoms with E-state index < -0.39 is 0 Å². The average Bonchev–Trinajstić information content (AvgIpc) is 3.12. The van der Waals surface area contributed by atoms with Crippen molar-refractivity contribution in [2.75, 3.05) is 13.3 Å². The molecule has 1 N–H and O–H groups in total. The molecule has 0 saturated carbocycles. The molecule has 0 unspecified atom stereocenters. The van der Waals surface area contributed by atoms with Gasteiger partial charge in [0.05, 0.1) is 10.7 Å². The largest absolute Gasteiger partial charge is 0.454 e. The highest BCUT2D eigenvalue weighted by Crippen LogP contribution is 2.32. The number of hydrogen-bond donors (Lipinski definition) is 1. The third kappa shape index (κ3) is 3.54. The van der Waals surface area contributed by atoms with Gasteiger partial charge in [-0.1, -0.05) is 19.9 Å². The summed E-state index contributed by atoms with van der Waals surface area (Å²) in [4.78, 5) is 4.64. The summed E-state index contributed by atoms with van der Waals surface area (Å²) in [5.41, 5.74) is 2.41. The number of hydrogen-bond acceptors (Lipinski definition) is 5. The van der Waals surface area contributed by atoms with Gasteiger partial charge in [-0.15, -0.1) is 11.3 Å². The van der Waals surface area contributed by atoms with E-state index in [1.54, 1.807) is 11.3 Å². The smallest absolute Gasteiger partial charge is 0.231 e. The van der Waals surface area contributed by atoms with Crippen LogP contribution in [0.4, 0.5) is 0 Å². The van der Waals surface area contributed by atoms with Crippen LogP contribution in [0.25, 0.3) is 0 Å². The number of fused-ring (bicyclic) bond motifs is 1. The Morgan fingerprint density at radius 2 is 2.14 bits per heavy atom. The van der Waals surface area contributed by atoms with Crippen molar-refractivity contribution in [3.8, 4) is 11.5 Å². The SMILES string of the molecule is CC(C)c1csc(CCNCc2ccc3c(c2)OCO3)n1. The van der Waals surface area contributed by atoms with Crippen LogP contribution in [0.2, 0.25) is 0 Å². The summed E-state index contributed by atoms with van der Waals surface area (Å²) in [7, 11) is 0. The van der Waals surface area contributed by atoms with Gasteiger partial charge in [-0.3, -0.25) is 0 Å². The molecular weight excluding hydrogens is 284 g/mol. The normalized spacial score (nSPS) is 13.1. The first-order valence-corrected chi connectivity index (χ1v) is 8.14. The van der Waals surface area contributed by atoms with Crippen LogP contribution in [0.1, 0.15) is 36.0 Å². The number of aromatic nitrogens is 1. The van der Waals surface area contributed by atoms with E-state index in [2.05, 4.69) is 35.6 Å². The van der Waals surface area contributed by atoms with Gasteiger partial charge in [0.25, 0.3) is 0 Å². The molecule has 5 heteroatoms. The topological polar surface area (TPSA) is 43.4 Å². The van der Waals surface area contributed by atoms with Gasteiger partial charge in [0.1, 0.15) is 0 Å². The van der Waals surface area contributed by atoms with E-state index in [-0.39, 0.29) is 0 Å². The van der Waals surface area contributed by atoms with Gasteiger partial charge in [-0.05, 0) is 23.6 Å². The fourth-order valence-corrected chi connectivity index (χ4v) is 3.14. The second kappa shape index (κ2) is 6.45. The molecule has 1 aliphatic rings. The van der Waals surface area contributed by atoms with Crippen LogP contribution in [0.15, 0.2) is 23.6 Å². The van der Waals surface area contributed by atoms with Gasteiger partial charge in [-0.25, -0.2) is 4.98 Å². The van der Waals surface area contributed by atoms with Crippen molar-refractivity contribution >= 4 is 11.3 Å². The molecule has 0 spiro atoms. The number of nitrogens with one attached hydrogen (secondary N) is 1. The molecule has 112 valence electrons. The lowest BCUT2D eigenvalue weighted by atomic mass is 10.2. The minimum Gasteiger partial charge on any atom is -0.454 e. The van der Waals surface area contributed by atoms with Crippen molar-refractivity contribution in [3.05, 3.63) is 39.8 Å². The van der Waals surface area contributed by atoms with E-state index in [0.29, 0.717) is 12.7 Å². The van der Waals surface area contributed by atoms with Gasteiger partial charge in [0.15, 0.2) is 11.5 Å². The highest BCUT2D eigenvalue weighted by atomic mass is 32.1. The monoisotopic (exact) mass is 304 g/mol. The number of ether oxygens (including phenoxy) is 2. The van der Waals surface area contributed by atoms with Crippen LogP contribution in [0, 0.1) is 0 Å². The lowest BCUT2D eigenvalue weighted by Gasteiger charge is -2.05. The molecular formula is C16H20N2O2S. The molecule has 2 heterocycles. The first-order valence-electron chi connectivity index (χ1n) is 7.26. The van der Waals surface area contributed by atoms with Crippen LogP contribution in [0.5, 0.6) is 11.5 Å². The Hall–Kier alpha value is -1.59. The predicted molar refractivity (Wildman–Crippen MR) is 84.2 cm³/mol.